The molecule has 0 saturated heterocycles. The van der Waals surface area contributed by atoms with Crippen LogP contribution < -0.4 is 10.1 Å². The molecule has 0 saturated carbocycles. The summed E-state index contributed by atoms with van der Waals surface area (Å²) in [6.45, 7) is 0. The van der Waals surface area contributed by atoms with Crippen LogP contribution in [0.1, 0.15) is 23.1 Å². The second-order valence-corrected chi connectivity index (χ2v) is 5.34. The number of aliphatic carboxylic acids is 1. The molecule has 3 rings (SSSR count). The molecule has 0 aliphatic carbocycles. The van der Waals surface area contributed by atoms with E-state index in [2.05, 4.69) is 5.32 Å². The highest BCUT2D eigenvalue weighted by atomic mass is 35.5. The summed E-state index contributed by atoms with van der Waals surface area (Å²) in [5, 5.41) is 13.3. The Labute approximate surface area is 127 Å². The number of fused-ring (bicyclic) bond motifs is 2. The van der Waals surface area contributed by atoms with Gasteiger partial charge in [0.1, 0.15) is 17.4 Å². The Bertz CT molecular complexity index is 702. The van der Waals surface area contributed by atoms with Crippen molar-refractivity contribution in [2.45, 2.75) is 12.0 Å². The first-order chi connectivity index (χ1) is 10.1. The first-order valence-electron chi connectivity index (χ1n) is 6.58. The summed E-state index contributed by atoms with van der Waals surface area (Å²) in [6, 6.07) is 12.1. The molecule has 5 heteroatoms. The highest BCUT2D eigenvalue weighted by Gasteiger charge is 2.36. The van der Waals surface area contributed by atoms with Crippen molar-refractivity contribution in [3.8, 4) is 11.5 Å². The van der Waals surface area contributed by atoms with Gasteiger partial charge in [0.15, 0.2) is 0 Å². The number of carboxylic acid groups (broad SMARTS) is 1. The number of nitrogens with one attached hydrogen (secondary N) is 1. The van der Waals surface area contributed by atoms with Crippen molar-refractivity contribution < 1.29 is 14.6 Å². The fraction of sp³-hybridized carbons (Fsp3) is 0.188. The van der Waals surface area contributed by atoms with Gasteiger partial charge in [-0.1, -0.05) is 29.8 Å². The summed E-state index contributed by atoms with van der Waals surface area (Å²) >= 11 is 6.03. The van der Waals surface area contributed by atoms with E-state index in [-0.39, 0.29) is 0 Å². The molecule has 1 unspecified atom stereocenters. The smallest absolute Gasteiger partial charge is 0.313 e. The molecule has 0 spiro atoms. The molecule has 2 N–H and O–H groups in total. The third kappa shape index (κ3) is 2.37. The number of likely N-dealkylation sites (N-methyl/N-ethyl adjacent to an activating group) is 1. The molecule has 2 aromatic rings. The van der Waals surface area contributed by atoms with Crippen LogP contribution in [-0.2, 0) is 4.79 Å². The molecule has 1 heterocycles. The van der Waals surface area contributed by atoms with E-state index >= 15 is 0 Å². The van der Waals surface area contributed by atoms with Crippen LogP contribution in [0.5, 0.6) is 11.5 Å². The zero-order valence-corrected chi connectivity index (χ0v) is 12.1. The van der Waals surface area contributed by atoms with Crippen molar-refractivity contribution in [3.05, 3.63) is 58.6 Å². The molecular formula is C16H14ClNO3. The second-order valence-electron chi connectivity index (χ2n) is 4.90. The minimum Gasteiger partial charge on any atom is -0.481 e. The van der Waals surface area contributed by atoms with Crippen LogP contribution in [0.3, 0.4) is 0 Å². The van der Waals surface area contributed by atoms with E-state index in [1.165, 1.54) is 0 Å². The molecule has 0 bridgehead atoms. The van der Waals surface area contributed by atoms with E-state index in [0.717, 1.165) is 5.56 Å². The van der Waals surface area contributed by atoms with Crippen molar-refractivity contribution in [1.82, 2.24) is 5.32 Å². The quantitative estimate of drug-likeness (QED) is 0.890. The van der Waals surface area contributed by atoms with E-state index < -0.39 is 17.9 Å². The minimum absolute atomic E-state index is 0.390. The first kappa shape index (κ1) is 13.9. The van der Waals surface area contributed by atoms with Crippen LogP contribution in [0.4, 0.5) is 0 Å². The lowest BCUT2D eigenvalue weighted by Crippen LogP contribution is -2.28. The third-order valence-corrected chi connectivity index (χ3v) is 3.93. The summed E-state index contributed by atoms with van der Waals surface area (Å²) in [4.78, 5) is 11.8. The Morgan fingerprint density at radius 1 is 1.19 bits per heavy atom. The predicted octanol–water partition coefficient (Wildman–Crippen LogP) is 3.57. The van der Waals surface area contributed by atoms with Crippen molar-refractivity contribution in [3.63, 3.8) is 0 Å². The van der Waals surface area contributed by atoms with Gasteiger partial charge in [-0.05, 0) is 31.3 Å². The largest absolute Gasteiger partial charge is 0.481 e. The van der Waals surface area contributed by atoms with Crippen LogP contribution in [0, 0.1) is 0 Å². The van der Waals surface area contributed by atoms with Gasteiger partial charge in [-0.15, -0.1) is 0 Å². The van der Waals surface area contributed by atoms with E-state index in [1.54, 1.807) is 25.2 Å². The van der Waals surface area contributed by atoms with Gasteiger partial charge in [0.25, 0.3) is 0 Å². The molecule has 0 aromatic heterocycles. The van der Waals surface area contributed by atoms with Crippen LogP contribution in [-0.4, -0.2) is 18.1 Å². The van der Waals surface area contributed by atoms with Crippen LogP contribution in [0.2, 0.25) is 5.02 Å². The second kappa shape index (κ2) is 5.39. The molecule has 21 heavy (non-hydrogen) atoms. The average molecular weight is 304 g/mol. The van der Waals surface area contributed by atoms with Crippen LogP contribution in [0.25, 0.3) is 0 Å². The fourth-order valence-electron chi connectivity index (χ4n) is 2.76. The molecule has 0 amide bonds. The summed E-state index contributed by atoms with van der Waals surface area (Å²) in [5.74, 6) is -0.508. The number of carbonyl (C=O) groups is 1. The number of benzene rings is 2. The monoisotopic (exact) mass is 303 g/mol. The molecular weight excluding hydrogens is 290 g/mol. The predicted molar refractivity (Wildman–Crippen MR) is 80.1 cm³/mol. The summed E-state index contributed by atoms with van der Waals surface area (Å²) in [7, 11) is 1.74. The Morgan fingerprint density at radius 2 is 1.90 bits per heavy atom. The van der Waals surface area contributed by atoms with Crippen molar-refractivity contribution in [1.29, 1.82) is 0 Å². The summed E-state index contributed by atoms with van der Waals surface area (Å²) in [6.07, 6.45) is 0. The van der Waals surface area contributed by atoms with Gasteiger partial charge in [0, 0.05) is 16.1 Å². The molecule has 2 aromatic carbocycles. The van der Waals surface area contributed by atoms with Gasteiger partial charge in [0.05, 0.1) is 6.04 Å². The van der Waals surface area contributed by atoms with Gasteiger partial charge in [-0.3, -0.25) is 4.79 Å². The maximum atomic E-state index is 11.8. The Hall–Kier alpha value is -2.04. The SMILES string of the molecule is CNC1c2ccccc2Oc2ccc(Cl)cc2[C@H]1C(=O)O. The average Bonchev–Trinajstić information content (AvgIpc) is 2.60. The number of halogens is 1. The molecule has 108 valence electrons. The zero-order chi connectivity index (χ0) is 15.0. The van der Waals surface area contributed by atoms with E-state index in [1.807, 2.05) is 24.3 Å². The van der Waals surface area contributed by atoms with Gasteiger partial charge in [-0.2, -0.15) is 0 Å². The molecule has 1 aliphatic heterocycles. The maximum Gasteiger partial charge on any atom is 0.313 e. The van der Waals surface area contributed by atoms with E-state index in [9.17, 15) is 9.90 Å². The van der Waals surface area contributed by atoms with Gasteiger partial charge < -0.3 is 15.2 Å². The van der Waals surface area contributed by atoms with E-state index in [0.29, 0.717) is 22.1 Å². The lowest BCUT2D eigenvalue weighted by Gasteiger charge is -2.22. The van der Waals surface area contributed by atoms with Crippen LogP contribution in [0.15, 0.2) is 42.5 Å². The molecule has 0 fully saturated rings. The molecule has 2 atom stereocenters. The number of hydrogen-bond donors (Lipinski definition) is 2. The summed E-state index contributed by atoms with van der Waals surface area (Å²) < 4.78 is 5.91. The first-order valence-corrected chi connectivity index (χ1v) is 6.96. The summed E-state index contributed by atoms with van der Waals surface area (Å²) in [5.41, 5.74) is 1.39. The highest BCUT2D eigenvalue weighted by molar-refractivity contribution is 6.30. The Balaban J connectivity index is 2.27. The lowest BCUT2D eigenvalue weighted by molar-refractivity contribution is -0.139. The zero-order valence-electron chi connectivity index (χ0n) is 11.3. The van der Waals surface area contributed by atoms with Gasteiger partial charge in [-0.25, -0.2) is 0 Å². The van der Waals surface area contributed by atoms with Gasteiger partial charge >= 0.3 is 5.97 Å². The normalized spacial score (nSPS) is 19.9. The lowest BCUT2D eigenvalue weighted by atomic mass is 9.87. The third-order valence-electron chi connectivity index (χ3n) is 3.69. The number of carboxylic acids is 1. The minimum atomic E-state index is -0.918. The maximum absolute atomic E-state index is 11.8. The number of para-hydroxylation sites is 1. The fourth-order valence-corrected chi connectivity index (χ4v) is 2.94. The Morgan fingerprint density at radius 3 is 2.62 bits per heavy atom. The Kier molecular flexibility index (Phi) is 3.57. The van der Waals surface area contributed by atoms with Crippen molar-refractivity contribution in [2.24, 2.45) is 0 Å². The van der Waals surface area contributed by atoms with Crippen LogP contribution >= 0.6 is 11.6 Å². The van der Waals surface area contributed by atoms with Crippen molar-refractivity contribution in [2.75, 3.05) is 7.05 Å². The standard InChI is InChI=1S/C16H14ClNO3/c1-18-15-10-4-2-3-5-12(10)21-13-7-6-9(17)8-11(13)14(15)16(19)20/h2-8,14-15,18H,1H3,(H,19,20)/t14-,15?/m1/s1. The topological polar surface area (TPSA) is 58.6 Å². The highest BCUT2D eigenvalue weighted by Crippen LogP contribution is 2.45. The number of hydrogen-bond acceptors (Lipinski definition) is 3. The van der Waals surface area contributed by atoms with Gasteiger partial charge in [0.2, 0.25) is 0 Å². The molecule has 1 aliphatic rings. The van der Waals surface area contributed by atoms with Crippen molar-refractivity contribution >= 4 is 17.6 Å². The number of ether oxygens (including phenoxy) is 1. The number of rotatable bonds is 2. The molecule has 0 radical (unpaired) electrons. The van der Waals surface area contributed by atoms with E-state index in [4.69, 9.17) is 16.3 Å². The molecule has 4 nitrogen and oxygen atoms in total.